The van der Waals surface area contributed by atoms with Gasteiger partial charge in [0, 0.05) is 37.3 Å². The number of thiophene rings is 1. The van der Waals surface area contributed by atoms with Crippen molar-refractivity contribution in [3.8, 4) is 11.3 Å². The topological polar surface area (TPSA) is 12.9 Å². The molecule has 0 bridgehead atoms. The van der Waals surface area contributed by atoms with Crippen LogP contribution in [0.5, 0.6) is 0 Å². The first-order chi connectivity index (χ1) is 18.5. The molecule has 0 unspecified atom stereocenters. The second kappa shape index (κ2) is 8.15. The third-order valence-corrected chi connectivity index (χ3v) is 10.4. The Morgan fingerprint density at radius 3 is 2.23 bits per heavy atom. The summed E-state index contributed by atoms with van der Waals surface area (Å²) in [5.41, 5.74) is 7.12. The molecule has 6 aromatic rings. The van der Waals surface area contributed by atoms with Crippen LogP contribution in [-0.4, -0.2) is 4.98 Å². The lowest BCUT2D eigenvalue weighted by atomic mass is 9.62. The average Bonchev–Trinajstić information content (AvgIpc) is 3.28. The lowest BCUT2D eigenvalue weighted by Crippen LogP contribution is -2.33. The zero-order chi connectivity index (χ0) is 27.3. The summed E-state index contributed by atoms with van der Waals surface area (Å²) in [5.74, 6) is 0. The smallest absolute Gasteiger partial charge is 0.0780 e. The van der Waals surface area contributed by atoms with Crippen LogP contribution in [0.2, 0.25) is 0 Å². The van der Waals surface area contributed by atoms with Crippen LogP contribution in [0.15, 0.2) is 72.9 Å². The van der Waals surface area contributed by atoms with Gasteiger partial charge in [-0.15, -0.1) is 11.3 Å². The molecule has 1 aliphatic rings. The molecule has 196 valence electrons. The van der Waals surface area contributed by atoms with Crippen LogP contribution in [0.25, 0.3) is 53.0 Å². The Balaban J connectivity index is 1.58. The van der Waals surface area contributed by atoms with Gasteiger partial charge >= 0.3 is 0 Å². The van der Waals surface area contributed by atoms with Crippen molar-refractivity contribution in [2.24, 2.45) is 0 Å². The second-order valence-electron chi connectivity index (χ2n) is 13.9. The quantitative estimate of drug-likeness (QED) is 0.207. The predicted molar refractivity (Wildman–Crippen MR) is 172 cm³/mol. The number of rotatable bonds is 1. The van der Waals surface area contributed by atoms with Gasteiger partial charge in [0.1, 0.15) is 0 Å². The van der Waals surface area contributed by atoms with E-state index in [9.17, 15) is 0 Å². The molecule has 0 N–H and O–H groups in total. The van der Waals surface area contributed by atoms with E-state index >= 15 is 0 Å². The molecule has 39 heavy (non-hydrogen) atoms. The maximum Gasteiger partial charge on any atom is 0.0780 e. The van der Waals surface area contributed by atoms with Crippen LogP contribution in [0, 0.1) is 0 Å². The number of aromatic nitrogens is 1. The van der Waals surface area contributed by atoms with E-state index in [4.69, 9.17) is 4.98 Å². The molecule has 0 atom stereocenters. The summed E-state index contributed by atoms with van der Waals surface area (Å²) in [7, 11) is 0. The molecular formula is C37H37NS. The molecule has 0 saturated carbocycles. The summed E-state index contributed by atoms with van der Waals surface area (Å²) in [6.07, 6.45) is 4.47. The Morgan fingerprint density at radius 2 is 1.44 bits per heavy atom. The summed E-state index contributed by atoms with van der Waals surface area (Å²) in [4.78, 5) is 5.02. The fourth-order valence-corrected chi connectivity index (χ4v) is 8.19. The lowest BCUT2D eigenvalue weighted by Gasteiger charge is -2.42. The van der Waals surface area contributed by atoms with E-state index < -0.39 is 0 Å². The molecule has 0 aliphatic heterocycles. The van der Waals surface area contributed by atoms with Crippen LogP contribution in [0.3, 0.4) is 0 Å². The normalized spacial score (nSPS) is 16.8. The molecule has 0 spiro atoms. The molecule has 0 amide bonds. The van der Waals surface area contributed by atoms with Crippen molar-refractivity contribution in [3.63, 3.8) is 0 Å². The van der Waals surface area contributed by atoms with Gasteiger partial charge in [0.2, 0.25) is 0 Å². The van der Waals surface area contributed by atoms with Gasteiger partial charge in [-0.2, -0.15) is 0 Å². The van der Waals surface area contributed by atoms with Gasteiger partial charge in [0.05, 0.1) is 5.69 Å². The third-order valence-electron chi connectivity index (χ3n) is 9.27. The highest BCUT2D eigenvalue weighted by atomic mass is 32.1. The molecule has 2 heterocycles. The van der Waals surface area contributed by atoms with Crippen LogP contribution in [0.1, 0.15) is 78.0 Å². The second-order valence-corrected chi connectivity index (χ2v) is 15.0. The fourth-order valence-electron chi connectivity index (χ4n) is 7.06. The first-order valence-corrected chi connectivity index (χ1v) is 15.1. The molecule has 0 radical (unpaired) electrons. The Bertz CT molecular complexity index is 1940. The SMILES string of the molecule is CC(C)(C)c1cc(-c2nccc3c2ccc2sc4ccc5c(c4c23)C(C)(C)CCC5(C)C)cc2ccccc12. The fraction of sp³-hybridized carbons (Fsp3) is 0.324. The molecule has 1 aliphatic carbocycles. The summed E-state index contributed by atoms with van der Waals surface area (Å²) in [6, 6.07) is 25.2. The minimum atomic E-state index is 0.0362. The third kappa shape index (κ3) is 3.68. The zero-order valence-corrected chi connectivity index (χ0v) is 25.0. The van der Waals surface area contributed by atoms with Crippen molar-refractivity contribution < 1.29 is 0 Å². The first kappa shape index (κ1) is 24.8. The number of nitrogens with zero attached hydrogens (tertiary/aromatic N) is 1. The molecule has 2 aromatic heterocycles. The summed E-state index contributed by atoms with van der Waals surface area (Å²) >= 11 is 1.94. The van der Waals surface area contributed by atoms with Gasteiger partial charge in [0.15, 0.2) is 0 Å². The maximum atomic E-state index is 5.02. The Labute approximate surface area is 235 Å². The van der Waals surface area contributed by atoms with Crippen LogP contribution < -0.4 is 0 Å². The van der Waals surface area contributed by atoms with E-state index in [1.807, 2.05) is 17.5 Å². The van der Waals surface area contributed by atoms with Gasteiger partial charge in [-0.3, -0.25) is 4.98 Å². The lowest BCUT2D eigenvalue weighted by molar-refractivity contribution is 0.335. The van der Waals surface area contributed by atoms with Crippen molar-refractivity contribution in [1.82, 2.24) is 4.98 Å². The van der Waals surface area contributed by atoms with E-state index in [1.54, 1.807) is 5.56 Å². The van der Waals surface area contributed by atoms with Crippen molar-refractivity contribution >= 4 is 53.1 Å². The number of hydrogen-bond donors (Lipinski definition) is 0. The molecule has 7 rings (SSSR count). The van der Waals surface area contributed by atoms with Crippen molar-refractivity contribution in [2.75, 3.05) is 0 Å². The van der Waals surface area contributed by atoms with Gasteiger partial charge in [0.25, 0.3) is 0 Å². The number of hydrogen-bond acceptors (Lipinski definition) is 2. The molecule has 0 saturated heterocycles. The minimum Gasteiger partial charge on any atom is -0.256 e. The van der Waals surface area contributed by atoms with Crippen LogP contribution >= 0.6 is 11.3 Å². The Kier molecular flexibility index (Phi) is 5.18. The number of benzene rings is 4. The molecule has 0 fully saturated rings. The molecule has 4 aromatic carbocycles. The van der Waals surface area contributed by atoms with Crippen molar-refractivity contribution in [2.45, 2.75) is 77.6 Å². The van der Waals surface area contributed by atoms with Crippen LogP contribution in [0.4, 0.5) is 0 Å². The van der Waals surface area contributed by atoms with Gasteiger partial charge < -0.3 is 0 Å². The first-order valence-electron chi connectivity index (χ1n) is 14.3. The summed E-state index contributed by atoms with van der Waals surface area (Å²) in [6.45, 7) is 16.7. The average molecular weight is 528 g/mol. The van der Waals surface area contributed by atoms with E-state index in [1.165, 1.54) is 71.2 Å². The highest BCUT2D eigenvalue weighted by Gasteiger charge is 2.39. The Hall–Kier alpha value is -3.23. The highest BCUT2D eigenvalue weighted by Crippen LogP contribution is 2.52. The number of pyridine rings is 1. The standard InChI is InChI=1S/C37H37NS/c1-35(2,3)28-21-23(20-22-10-8-9-11-24(22)28)34-26-12-14-29-31(25(26)16-19-38-34)32-30(39-29)15-13-27-33(32)37(6,7)18-17-36(27,4)5/h8-16,19-21H,17-18H2,1-7H3. The highest BCUT2D eigenvalue weighted by molar-refractivity contribution is 7.26. The maximum absolute atomic E-state index is 5.02. The largest absolute Gasteiger partial charge is 0.256 e. The van der Waals surface area contributed by atoms with Crippen LogP contribution in [-0.2, 0) is 16.2 Å². The molecule has 1 nitrogen and oxygen atoms in total. The summed E-state index contributed by atoms with van der Waals surface area (Å²) < 4.78 is 2.78. The predicted octanol–water partition coefficient (Wildman–Crippen LogP) is 11.1. The van der Waals surface area contributed by atoms with Gasteiger partial charge in [-0.05, 0) is 92.3 Å². The summed E-state index contributed by atoms with van der Waals surface area (Å²) in [5, 5.41) is 8.06. The van der Waals surface area contributed by atoms with Gasteiger partial charge in [-0.25, -0.2) is 0 Å². The van der Waals surface area contributed by atoms with E-state index in [-0.39, 0.29) is 16.2 Å². The number of fused-ring (bicyclic) bond motifs is 8. The molecule has 2 heteroatoms. The Morgan fingerprint density at radius 1 is 0.718 bits per heavy atom. The zero-order valence-electron chi connectivity index (χ0n) is 24.2. The minimum absolute atomic E-state index is 0.0362. The van der Waals surface area contributed by atoms with Crippen molar-refractivity contribution in [3.05, 3.63) is 89.6 Å². The van der Waals surface area contributed by atoms with E-state index in [2.05, 4.69) is 115 Å². The van der Waals surface area contributed by atoms with Crippen molar-refractivity contribution in [1.29, 1.82) is 0 Å². The van der Waals surface area contributed by atoms with E-state index in [0.29, 0.717) is 0 Å². The monoisotopic (exact) mass is 527 g/mol. The molecular weight excluding hydrogens is 490 g/mol. The van der Waals surface area contributed by atoms with E-state index in [0.717, 1.165) is 5.69 Å². The van der Waals surface area contributed by atoms with Gasteiger partial charge in [-0.1, -0.05) is 84.9 Å².